The van der Waals surface area contributed by atoms with Gasteiger partial charge in [-0.3, -0.25) is 0 Å². The summed E-state index contributed by atoms with van der Waals surface area (Å²) in [6.45, 7) is 6.03. The average molecular weight is 222 g/mol. The Hall–Kier alpha value is -1.71. The number of nitrogens with zero attached hydrogens (tertiary/aromatic N) is 1. The number of phenols is 1. The molecular formula is C12H18N2O2. The Morgan fingerprint density at radius 1 is 1.38 bits per heavy atom. The maximum Gasteiger partial charge on any atom is 0.166 e. The number of methoxy groups -OCH3 is 1. The first-order valence-corrected chi connectivity index (χ1v) is 5.10. The van der Waals surface area contributed by atoms with Crippen LogP contribution in [0.5, 0.6) is 11.5 Å². The molecule has 0 saturated heterocycles. The fraction of sp³-hybridized carbons (Fsp3) is 0.417. The number of hydrogen-bond donors (Lipinski definition) is 2. The van der Waals surface area contributed by atoms with Crippen LogP contribution in [-0.2, 0) is 0 Å². The van der Waals surface area contributed by atoms with Crippen LogP contribution in [0.4, 0.5) is 0 Å². The summed E-state index contributed by atoms with van der Waals surface area (Å²) in [5, 5.41) is 13.8. The van der Waals surface area contributed by atoms with Crippen molar-refractivity contribution in [1.82, 2.24) is 5.43 Å². The van der Waals surface area contributed by atoms with Crippen LogP contribution >= 0.6 is 0 Å². The van der Waals surface area contributed by atoms with Crippen molar-refractivity contribution in [2.75, 3.05) is 7.11 Å². The van der Waals surface area contributed by atoms with Gasteiger partial charge in [0.1, 0.15) is 0 Å². The van der Waals surface area contributed by atoms with Crippen molar-refractivity contribution in [1.29, 1.82) is 0 Å². The van der Waals surface area contributed by atoms with E-state index in [1.165, 1.54) is 7.11 Å². The number of hydrazone groups is 1. The molecule has 4 heteroatoms. The summed E-state index contributed by atoms with van der Waals surface area (Å²) in [4.78, 5) is 0. The normalized spacial score (nSPS) is 11.8. The summed E-state index contributed by atoms with van der Waals surface area (Å²) in [6.07, 6.45) is 1.57. The molecule has 16 heavy (non-hydrogen) atoms. The Balaban J connectivity index is 2.82. The SMILES string of the molecule is COc1cccc(/C=N/NC(C)(C)C)c1O. The number of ether oxygens (including phenoxy) is 1. The van der Waals surface area contributed by atoms with Crippen LogP contribution in [0.1, 0.15) is 26.3 Å². The highest BCUT2D eigenvalue weighted by Gasteiger charge is 2.07. The van der Waals surface area contributed by atoms with Gasteiger partial charge < -0.3 is 15.3 Å². The molecule has 0 radical (unpaired) electrons. The molecule has 0 aliphatic carbocycles. The molecule has 0 aromatic heterocycles. The Bertz CT molecular complexity index is 381. The lowest BCUT2D eigenvalue weighted by Gasteiger charge is -2.17. The van der Waals surface area contributed by atoms with E-state index >= 15 is 0 Å². The van der Waals surface area contributed by atoms with Gasteiger partial charge in [-0.15, -0.1) is 0 Å². The molecule has 0 unspecified atom stereocenters. The van der Waals surface area contributed by atoms with Gasteiger partial charge >= 0.3 is 0 Å². The summed E-state index contributed by atoms with van der Waals surface area (Å²) in [7, 11) is 1.52. The van der Waals surface area contributed by atoms with Crippen molar-refractivity contribution in [2.45, 2.75) is 26.3 Å². The van der Waals surface area contributed by atoms with Crippen molar-refractivity contribution in [3.63, 3.8) is 0 Å². The first-order valence-electron chi connectivity index (χ1n) is 5.10. The maximum absolute atomic E-state index is 9.77. The zero-order valence-corrected chi connectivity index (χ0v) is 10.1. The largest absolute Gasteiger partial charge is 0.504 e. The second-order valence-corrected chi connectivity index (χ2v) is 4.52. The average Bonchev–Trinajstić information content (AvgIpc) is 2.19. The molecule has 0 aliphatic heterocycles. The van der Waals surface area contributed by atoms with Gasteiger partial charge in [-0.1, -0.05) is 6.07 Å². The standard InChI is InChI=1S/C12H18N2O2/c1-12(2,3)14-13-8-9-6-5-7-10(16-4)11(9)15/h5-8,14-15H,1-4H3/b13-8+. The van der Waals surface area contributed by atoms with Gasteiger partial charge in [0.05, 0.1) is 13.3 Å². The highest BCUT2D eigenvalue weighted by molar-refractivity contribution is 5.84. The van der Waals surface area contributed by atoms with E-state index in [0.717, 1.165) is 0 Å². The molecule has 0 amide bonds. The smallest absolute Gasteiger partial charge is 0.166 e. The molecule has 0 fully saturated rings. The Morgan fingerprint density at radius 2 is 2.06 bits per heavy atom. The van der Waals surface area contributed by atoms with E-state index in [9.17, 15) is 5.11 Å². The molecule has 0 saturated carbocycles. The van der Waals surface area contributed by atoms with E-state index in [1.807, 2.05) is 20.8 Å². The van der Waals surface area contributed by atoms with E-state index in [0.29, 0.717) is 11.3 Å². The highest BCUT2D eigenvalue weighted by atomic mass is 16.5. The number of aromatic hydroxyl groups is 1. The molecule has 0 aliphatic rings. The minimum atomic E-state index is -0.0923. The number of rotatable bonds is 3. The molecule has 0 bridgehead atoms. The summed E-state index contributed by atoms with van der Waals surface area (Å²) in [5.74, 6) is 0.546. The number of para-hydroxylation sites is 1. The number of nitrogens with one attached hydrogen (secondary N) is 1. The lowest BCUT2D eigenvalue weighted by molar-refractivity contribution is 0.373. The van der Waals surface area contributed by atoms with E-state index in [2.05, 4.69) is 10.5 Å². The van der Waals surface area contributed by atoms with Crippen LogP contribution in [0.15, 0.2) is 23.3 Å². The number of hydrogen-bond acceptors (Lipinski definition) is 4. The molecule has 0 atom stereocenters. The molecule has 0 spiro atoms. The first-order chi connectivity index (χ1) is 7.44. The topological polar surface area (TPSA) is 53.8 Å². The van der Waals surface area contributed by atoms with Crippen molar-refractivity contribution in [3.05, 3.63) is 23.8 Å². The van der Waals surface area contributed by atoms with E-state index in [1.54, 1.807) is 24.4 Å². The van der Waals surface area contributed by atoms with E-state index < -0.39 is 0 Å². The molecule has 4 nitrogen and oxygen atoms in total. The van der Waals surface area contributed by atoms with Gasteiger partial charge in [-0.05, 0) is 32.9 Å². The minimum Gasteiger partial charge on any atom is -0.504 e. The van der Waals surface area contributed by atoms with Crippen molar-refractivity contribution in [3.8, 4) is 11.5 Å². The molecule has 88 valence electrons. The van der Waals surface area contributed by atoms with Crippen molar-refractivity contribution in [2.24, 2.45) is 5.10 Å². The Kier molecular flexibility index (Phi) is 3.77. The molecule has 1 aromatic rings. The van der Waals surface area contributed by atoms with Crippen LogP contribution in [0.25, 0.3) is 0 Å². The molecule has 1 aromatic carbocycles. The fourth-order valence-corrected chi connectivity index (χ4v) is 1.10. The Morgan fingerprint density at radius 3 is 2.62 bits per heavy atom. The predicted octanol–water partition coefficient (Wildman–Crippen LogP) is 2.12. The van der Waals surface area contributed by atoms with Gasteiger partial charge in [0.2, 0.25) is 0 Å². The van der Waals surface area contributed by atoms with Gasteiger partial charge in [-0.2, -0.15) is 5.10 Å². The van der Waals surface area contributed by atoms with E-state index in [4.69, 9.17) is 4.74 Å². The van der Waals surface area contributed by atoms with E-state index in [-0.39, 0.29) is 11.3 Å². The quantitative estimate of drug-likeness (QED) is 0.608. The van der Waals surface area contributed by atoms with Crippen molar-refractivity contribution >= 4 is 6.21 Å². The van der Waals surface area contributed by atoms with Crippen molar-refractivity contribution < 1.29 is 9.84 Å². The molecule has 1 rings (SSSR count). The minimum absolute atomic E-state index is 0.0923. The van der Waals surface area contributed by atoms with Crippen LogP contribution in [-0.4, -0.2) is 24.0 Å². The Labute approximate surface area is 95.9 Å². The first kappa shape index (κ1) is 12.4. The predicted molar refractivity (Wildman–Crippen MR) is 65.1 cm³/mol. The second kappa shape index (κ2) is 4.88. The summed E-state index contributed by atoms with van der Waals surface area (Å²) >= 11 is 0. The highest BCUT2D eigenvalue weighted by Crippen LogP contribution is 2.27. The third kappa shape index (κ3) is 3.46. The third-order valence-electron chi connectivity index (χ3n) is 1.85. The summed E-state index contributed by atoms with van der Waals surface area (Å²) in [5.41, 5.74) is 3.48. The third-order valence-corrected chi connectivity index (χ3v) is 1.85. The lowest BCUT2D eigenvalue weighted by atomic mass is 10.1. The molecule has 0 heterocycles. The van der Waals surface area contributed by atoms with Gasteiger partial charge in [-0.25, -0.2) is 0 Å². The van der Waals surface area contributed by atoms with Gasteiger partial charge in [0, 0.05) is 11.1 Å². The fourth-order valence-electron chi connectivity index (χ4n) is 1.10. The van der Waals surface area contributed by atoms with Gasteiger partial charge in [0.25, 0.3) is 0 Å². The number of benzene rings is 1. The summed E-state index contributed by atoms with van der Waals surface area (Å²) in [6, 6.07) is 5.27. The van der Waals surface area contributed by atoms with Gasteiger partial charge in [0.15, 0.2) is 11.5 Å². The van der Waals surface area contributed by atoms with Crippen LogP contribution in [0.2, 0.25) is 0 Å². The zero-order valence-electron chi connectivity index (χ0n) is 10.1. The zero-order chi connectivity index (χ0) is 12.2. The second-order valence-electron chi connectivity index (χ2n) is 4.52. The molecule has 2 N–H and O–H groups in total. The summed E-state index contributed by atoms with van der Waals surface area (Å²) < 4.78 is 5.00. The van der Waals surface area contributed by atoms with Crippen LogP contribution in [0, 0.1) is 0 Å². The van der Waals surface area contributed by atoms with Crippen LogP contribution < -0.4 is 10.2 Å². The number of phenolic OH excluding ortho intramolecular Hbond substituents is 1. The van der Waals surface area contributed by atoms with Crippen LogP contribution in [0.3, 0.4) is 0 Å². The maximum atomic E-state index is 9.77. The monoisotopic (exact) mass is 222 g/mol. The lowest BCUT2D eigenvalue weighted by Crippen LogP contribution is -2.31. The molecular weight excluding hydrogens is 204 g/mol.